The summed E-state index contributed by atoms with van der Waals surface area (Å²) in [4.78, 5) is 23.7. The van der Waals surface area contributed by atoms with Gasteiger partial charge in [0.1, 0.15) is 5.75 Å². The van der Waals surface area contributed by atoms with Crippen LogP contribution in [0.4, 0.5) is 0 Å². The van der Waals surface area contributed by atoms with E-state index in [1.165, 1.54) is 0 Å². The molecule has 2 aromatic rings. The summed E-state index contributed by atoms with van der Waals surface area (Å²) in [5.74, 6) is -0.312. The highest BCUT2D eigenvalue weighted by molar-refractivity contribution is 9.10. The van der Waals surface area contributed by atoms with Crippen molar-refractivity contribution in [2.45, 2.75) is 26.8 Å². The minimum Gasteiger partial charge on any atom is -0.482 e. The Bertz CT molecular complexity index is 774. The summed E-state index contributed by atoms with van der Waals surface area (Å²) in [6, 6.07) is 13.2. The molecule has 5 nitrogen and oxygen atoms in total. The number of benzene rings is 2. The zero-order valence-electron chi connectivity index (χ0n) is 15.0. The minimum atomic E-state index is -0.586. The number of rotatable bonds is 7. The standard InChI is InChI=1S/C20H22BrNO4/c1-13-4-5-14(2)18(10-13)25-12-20(24)26-11-19(23)22-15(3)16-6-8-17(21)9-7-16/h4-10,15H,11-12H2,1-3H3,(H,22,23). The van der Waals surface area contributed by atoms with Gasteiger partial charge in [0.25, 0.3) is 5.91 Å². The molecule has 1 amide bonds. The first-order valence-electron chi connectivity index (χ1n) is 8.25. The summed E-state index contributed by atoms with van der Waals surface area (Å²) >= 11 is 3.37. The van der Waals surface area contributed by atoms with Gasteiger partial charge >= 0.3 is 5.97 Å². The predicted molar refractivity (Wildman–Crippen MR) is 103 cm³/mol. The Balaban J connectivity index is 1.75. The molecule has 2 aromatic carbocycles. The average Bonchev–Trinajstić information content (AvgIpc) is 2.61. The molecule has 1 N–H and O–H groups in total. The first kappa shape index (κ1) is 20.0. The third kappa shape index (κ3) is 6.19. The maximum Gasteiger partial charge on any atom is 0.344 e. The van der Waals surface area contributed by atoms with Gasteiger partial charge in [0.05, 0.1) is 6.04 Å². The second-order valence-corrected chi connectivity index (χ2v) is 6.97. The van der Waals surface area contributed by atoms with Crippen LogP contribution in [-0.4, -0.2) is 25.1 Å². The lowest BCUT2D eigenvalue weighted by molar-refractivity contribution is -0.150. The summed E-state index contributed by atoms with van der Waals surface area (Å²) < 4.78 is 11.4. The maximum atomic E-state index is 11.9. The Morgan fingerprint density at radius 1 is 1.08 bits per heavy atom. The number of esters is 1. The molecule has 0 heterocycles. The van der Waals surface area contributed by atoms with Crippen molar-refractivity contribution in [1.82, 2.24) is 5.32 Å². The Kier molecular flexibility index (Phi) is 7.21. The van der Waals surface area contributed by atoms with E-state index in [0.717, 1.165) is 21.2 Å². The van der Waals surface area contributed by atoms with E-state index in [2.05, 4.69) is 21.2 Å². The van der Waals surface area contributed by atoms with Crippen LogP contribution in [-0.2, 0) is 14.3 Å². The van der Waals surface area contributed by atoms with E-state index in [0.29, 0.717) is 5.75 Å². The van der Waals surface area contributed by atoms with Crippen LogP contribution in [0.3, 0.4) is 0 Å². The molecule has 0 aliphatic rings. The number of carbonyl (C=O) groups is 2. The Hall–Kier alpha value is -2.34. The molecule has 6 heteroatoms. The molecule has 0 saturated heterocycles. The summed E-state index contributed by atoms with van der Waals surface area (Å²) in [5.41, 5.74) is 2.94. The SMILES string of the molecule is Cc1ccc(C)c(OCC(=O)OCC(=O)NC(C)c2ccc(Br)cc2)c1. The lowest BCUT2D eigenvalue weighted by Gasteiger charge is -2.15. The number of carbonyl (C=O) groups excluding carboxylic acids is 2. The van der Waals surface area contributed by atoms with Gasteiger partial charge in [0.2, 0.25) is 0 Å². The molecule has 26 heavy (non-hydrogen) atoms. The van der Waals surface area contributed by atoms with Crippen molar-refractivity contribution in [3.8, 4) is 5.75 Å². The van der Waals surface area contributed by atoms with Crippen LogP contribution in [0.2, 0.25) is 0 Å². The minimum absolute atomic E-state index is 0.180. The maximum absolute atomic E-state index is 11.9. The van der Waals surface area contributed by atoms with Crippen molar-refractivity contribution in [2.24, 2.45) is 0 Å². The summed E-state index contributed by atoms with van der Waals surface area (Å²) in [6.45, 7) is 5.14. The van der Waals surface area contributed by atoms with E-state index < -0.39 is 5.97 Å². The van der Waals surface area contributed by atoms with Crippen LogP contribution in [0.25, 0.3) is 0 Å². The van der Waals surface area contributed by atoms with Gasteiger partial charge in [0, 0.05) is 4.47 Å². The summed E-state index contributed by atoms with van der Waals surface area (Å²) in [7, 11) is 0. The predicted octanol–water partition coefficient (Wildman–Crippen LogP) is 3.87. The van der Waals surface area contributed by atoms with Gasteiger partial charge in [-0.1, -0.05) is 40.2 Å². The van der Waals surface area contributed by atoms with Crippen molar-refractivity contribution in [2.75, 3.05) is 13.2 Å². The number of ether oxygens (including phenoxy) is 2. The average molecular weight is 420 g/mol. The van der Waals surface area contributed by atoms with E-state index in [4.69, 9.17) is 9.47 Å². The lowest BCUT2D eigenvalue weighted by atomic mass is 10.1. The quantitative estimate of drug-likeness (QED) is 0.691. The van der Waals surface area contributed by atoms with Gasteiger partial charge in [-0.25, -0.2) is 4.79 Å². The Morgan fingerprint density at radius 3 is 2.46 bits per heavy atom. The van der Waals surface area contributed by atoms with Crippen LogP contribution in [0.15, 0.2) is 46.9 Å². The number of hydrogen-bond donors (Lipinski definition) is 1. The first-order valence-corrected chi connectivity index (χ1v) is 9.05. The van der Waals surface area contributed by atoms with Gasteiger partial charge in [-0.15, -0.1) is 0 Å². The molecular formula is C20H22BrNO4. The second-order valence-electron chi connectivity index (χ2n) is 6.06. The third-order valence-corrected chi connectivity index (χ3v) is 4.33. The zero-order chi connectivity index (χ0) is 19.1. The Morgan fingerprint density at radius 2 is 1.77 bits per heavy atom. The number of nitrogens with one attached hydrogen (secondary N) is 1. The highest BCUT2D eigenvalue weighted by atomic mass is 79.9. The molecule has 138 valence electrons. The van der Waals surface area contributed by atoms with Gasteiger partial charge in [0.15, 0.2) is 13.2 Å². The van der Waals surface area contributed by atoms with E-state index >= 15 is 0 Å². The molecule has 0 aliphatic heterocycles. The largest absolute Gasteiger partial charge is 0.482 e. The number of halogens is 1. The van der Waals surface area contributed by atoms with Gasteiger partial charge < -0.3 is 14.8 Å². The van der Waals surface area contributed by atoms with E-state index in [1.807, 2.05) is 63.2 Å². The van der Waals surface area contributed by atoms with E-state index in [9.17, 15) is 9.59 Å². The smallest absolute Gasteiger partial charge is 0.344 e. The molecule has 0 aromatic heterocycles. The molecule has 2 rings (SSSR count). The normalized spacial score (nSPS) is 11.5. The van der Waals surface area contributed by atoms with Crippen LogP contribution in [0, 0.1) is 13.8 Å². The molecule has 0 radical (unpaired) electrons. The monoisotopic (exact) mass is 419 g/mol. The number of aryl methyl sites for hydroxylation is 2. The molecular weight excluding hydrogens is 398 g/mol. The van der Waals surface area contributed by atoms with Crippen LogP contribution in [0.5, 0.6) is 5.75 Å². The second kappa shape index (κ2) is 9.38. The highest BCUT2D eigenvalue weighted by Gasteiger charge is 2.13. The zero-order valence-corrected chi connectivity index (χ0v) is 16.6. The van der Waals surface area contributed by atoms with Gasteiger partial charge in [-0.3, -0.25) is 4.79 Å². The molecule has 1 atom stereocenters. The summed E-state index contributed by atoms with van der Waals surface area (Å²) in [6.07, 6.45) is 0. The van der Waals surface area contributed by atoms with Crippen LogP contribution >= 0.6 is 15.9 Å². The van der Waals surface area contributed by atoms with Crippen LogP contribution in [0.1, 0.15) is 29.7 Å². The van der Waals surface area contributed by atoms with E-state index in [1.54, 1.807) is 0 Å². The van der Waals surface area contributed by atoms with Crippen molar-refractivity contribution < 1.29 is 19.1 Å². The van der Waals surface area contributed by atoms with Crippen LogP contribution < -0.4 is 10.1 Å². The van der Waals surface area contributed by atoms with Crippen molar-refractivity contribution in [1.29, 1.82) is 0 Å². The Labute approximate surface area is 161 Å². The lowest BCUT2D eigenvalue weighted by Crippen LogP contribution is -2.31. The highest BCUT2D eigenvalue weighted by Crippen LogP contribution is 2.19. The molecule has 1 unspecified atom stereocenters. The van der Waals surface area contributed by atoms with Gasteiger partial charge in [-0.2, -0.15) is 0 Å². The third-order valence-electron chi connectivity index (χ3n) is 3.80. The van der Waals surface area contributed by atoms with Gasteiger partial charge in [-0.05, 0) is 55.7 Å². The number of amides is 1. The fourth-order valence-corrected chi connectivity index (χ4v) is 2.57. The fraction of sp³-hybridized carbons (Fsp3) is 0.300. The molecule has 0 bridgehead atoms. The molecule has 0 spiro atoms. The molecule has 0 aliphatic carbocycles. The van der Waals surface area contributed by atoms with E-state index in [-0.39, 0.29) is 25.2 Å². The topological polar surface area (TPSA) is 64.6 Å². The number of hydrogen-bond acceptors (Lipinski definition) is 4. The molecule has 0 fully saturated rings. The van der Waals surface area contributed by atoms with Crippen molar-refractivity contribution in [3.05, 3.63) is 63.6 Å². The first-order chi connectivity index (χ1) is 12.3. The van der Waals surface area contributed by atoms with Crippen molar-refractivity contribution >= 4 is 27.8 Å². The van der Waals surface area contributed by atoms with Crippen molar-refractivity contribution in [3.63, 3.8) is 0 Å². The fourth-order valence-electron chi connectivity index (χ4n) is 2.31. The summed E-state index contributed by atoms with van der Waals surface area (Å²) in [5, 5.41) is 2.79. The molecule has 0 saturated carbocycles.